The molecule has 2 aromatic carbocycles. The number of aryl methyl sites for hydroxylation is 1. The molecule has 0 aliphatic rings. The minimum atomic E-state index is -1.15. The zero-order chi connectivity index (χ0) is 13.3. The number of halogens is 1. The molecule has 92 valence electrons. The Morgan fingerprint density at radius 1 is 1.11 bits per heavy atom. The largest absolute Gasteiger partial charge is 0.507 e. The number of carboxylic acid groups (broad SMARTS) is 1. The lowest BCUT2D eigenvalue weighted by Gasteiger charge is -2.06. The molecule has 0 spiro atoms. The van der Waals surface area contributed by atoms with Crippen molar-refractivity contribution in [3.63, 3.8) is 0 Å². The predicted octanol–water partition coefficient (Wildman–Crippen LogP) is 3.72. The van der Waals surface area contributed by atoms with Gasteiger partial charge in [0.2, 0.25) is 0 Å². The number of carboxylic acids is 1. The zero-order valence-electron chi connectivity index (χ0n) is 9.64. The van der Waals surface area contributed by atoms with Gasteiger partial charge in [0.05, 0.1) is 0 Å². The molecule has 0 heterocycles. The number of hydrogen-bond donors (Lipinski definition) is 2. The number of carbonyl (C=O) groups is 1. The van der Waals surface area contributed by atoms with Gasteiger partial charge in [-0.3, -0.25) is 0 Å². The van der Waals surface area contributed by atoms with E-state index in [1.165, 1.54) is 12.1 Å². The Hall–Kier alpha value is -2.00. The summed E-state index contributed by atoms with van der Waals surface area (Å²) in [6.45, 7) is 1.92. The fraction of sp³-hybridized carbons (Fsp3) is 0.0714. The van der Waals surface area contributed by atoms with E-state index in [9.17, 15) is 9.90 Å². The van der Waals surface area contributed by atoms with E-state index >= 15 is 0 Å². The first-order chi connectivity index (χ1) is 8.47. The van der Waals surface area contributed by atoms with Crippen LogP contribution in [0.15, 0.2) is 36.4 Å². The van der Waals surface area contributed by atoms with Crippen molar-refractivity contribution in [3.05, 3.63) is 52.5 Å². The van der Waals surface area contributed by atoms with Crippen molar-refractivity contribution in [1.82, 2.24) is 0 Å². The maximum Gasteiger partial charge on any atom is 0.339 e. The highest BCUT2D eigenvalue weighted by molar-refractivity contribution is 6.31. The van der Waals surface area contributed by atoms with Crippen LogP contribution in [0.4, 0.5) is 0 Å². The normalized spacial score (nSPS) is 10.3. The average molecular weight is 263 g/mol. The second-order valence-corrected chi connectivity index (χ2v) is 4.49. The maximum absolute atomic E-state index is 10.8. The summed E-state index contributed by atoms with van der Waals surface area (Å²) in [5.74, 6) is -1.40. The van der Waals surface area contributed by atoms with Crippen LogP contribution in [0, 0.1) is 6.92 Å². The van der Waals surface area contributed by atoms with Gasteiger partial charge in [-0.1, -0.05) is 23.7 Å². The minimum absolute atomic E-state index is 0.113. The molecular weight excluding hydrogens is 252 g/mol. The number of rotatable bonds is 2. The maximum atomic E-state index is 10.8. The first kappa shape index (κ1) is 12.5. The Labute approximate surface area is 109 Å². The lowest BCUT2D eigenvalue weighted by molar-refractivity contribution is 0.0694. The Bertz CT molecular complexity index is 600. The van der Waals surface area contributed by atoms with Gasteiger partial charge >= 0.3 is 5.97 Å². The van der Waals surface area contributed by atoms with E-state index in [2.05, 4.69) is 0 Å². The summed E-state index contributed by atoms with van der Waals surface area (Å²) in [5, 5.41) is 19.1. The van der Waals surface area contributed by atoms with Crippen molar-refractivity contribution < 1.29 is 15.0 Å². The molecule has 2 N–H and O–H groups in total. The summed E-state index contributed by atoms with van der Waals surface area (Å²) in [5.41, 5.74) is 2.45. The zero-order valence-corrected chi connectivity index (χ0v) is 10.4. The molecule has 0 aliphatic carbocycles. The number of aromatic carboxylic acids is 1. The number of aromatic hydroxyl groups is 1. The SMILES string of the molecule is Cc1cc(Cl)cc(-c2ccc(C(=O)O)c(O)c2)c1. The third kappa shape index (κ3) is 2.46. The third-order valence-corrected chi connectivity index (χ3v) is 2.82. The molecule has 0 saturated carbocycles. The Balaban J connectivity index is 2.52. The molecule has 18 heavy (non-hydrogen) atoms. The number of hydrogen-bond acceptors (Lipinski definition) is 2. The van der Waals surface area contributed by atoms with E-state index in [1.54, 1.807) is 12.1 Å². The molecule has 0 radical (unpaired) electrons. The van der Waals surface area contributed by atoms with Crippen LogP contribution in [0.2, 0.25) is 5.02 Å². The van der Waals surface area contributed by atoms with Gasteiger partial charge in [0, 0.05) is 5.02 Å². The Morgan fingerprint density at radius 2 is 1.83 bits per heavy atom. The van der Waals surface area contributed by atoms with E-state index in [0.717, 1.165) is 16.7 Å². The molecule has 0 aromatic heterocycles. The molecule has 2 rings (SSSR count). The van der Waals surface area contributed by atoms with Crippen LogP contribution in [0.1, 0.15) is 15.9 Å². The molecular formula is C14H11ClO3. The number of phenols is 1. The van der Waals surface area contributed by atoms with Gasteiger partial charge in [-0.2, -0.15) is 0 Å². The Morgan fingerprint density at radius 3 is 2.39 bits per heavy atom. The molecule has 2 aromatic rings. The van der Waals surface area contributed by atoms with Gasteiger partial charge < -0.3 is 10.2 Å². The van der Waals surface area contributed by atoms with Crippen LogP contribution in [0.3, 0.4) is 0 Å². The van der Waals surface area contributed by atoms with Crippen LogP contribution < -0.4 is 0 Å². The van der Waals surface area contributed by atoms with Crippen LogP contribution in [0.5, 0.6) is 5.75 Å². The van der Waals surface area contributed by atoms with Gasteiger partial charge in [0.15, 0.2) is 0 Å². The van der Waals surface area contributed by atoms with Crippen LogP contribution in [0.25, 0.3) is 11.1 Å². The summed E-state index contributed by atoms with van der Waals surface area (Å²) in [6.07, 6.45) is 0. The van der Waals surface area contributed by atoms with Crippen LogP contribution >= 0.6 is 11.6 Å². The fourth-order valence-corrected chi connectivity index (χ4v) is 2.08. The van der Waals surface area contributed by atoms with E-state index in [-0.39, 0.29) is 11.3 Å². The van der Waals surface area contributed by atoms with E-state index in [0.29, 0.717) is 5.02 Å². The first-order valence-corrected chi connectivity index (χ1v) is 5.69. The van der Waals surface area contributed by atoms with Gasteiger partial charge in [-0.25, -0.2) is 4.79 Å². The smallest absolute Gasteiger partial charge is 0.339 e. The summed E-state index contributed by atoms with van der Waals surface area (Å²) < 4.78 is 0. The topological polar surface area (TPSA) is 57.5 Å². The van der Waals surface area contributed by atoms with Gasteiger partial charge in [0.1, 0.15) is 11.3 Å². The molecule has 0 amide bonds. The van der Waals surface area contributed by atoms with E-state index < -0.39 is 5.97 Å². The Kier molecular flexibility index (Phi) is 3.26. The van der Waals surface area contributed by atoms with Crippen molar-refractivity contribution >= 4 is 17.6 Å². The molecule has 0 aliphatic heterocycles. The van der Waals surface area contributed by atoms with Crippen molar-refractivity contribution in [2.24, 2.45) is 0 Å². The van der Waals surface area contributed by atoms with Crippen molar-refractivity contribution in [2.75, 3.05) is 0 Å². The lowest BCUT2D eigenvalue weighted by Crippen LogP contribution is -1.96. The highest BCUT2D eigenvalue weighted by Crippen LogP contribution is 2.29. The minimum Gasteiger partial charge on any atom is -0.507 e. The molecule has 4 heteroatoms. The molecule has 0 atom stereocenters. The fourth-order valence-electron chi connectivity index (χ4n) is 1.80. The molecule has 0 fully saturated rings. The lowest BCUT2D eigenvalue weighted by atomic mass is 10.0. The predicted molar refractivity (Wildman–Crippen MR) is 70.2 cm³/mol. The first-order valence-electron chi connectivity index (χ1n) is 5.31. The van der Waals surface area contributed by atoms with Crippen LogP contribution in [-0.2, 0) is 0 Å². The summed E-state index contributed by atoms with van der Waals surface area (Å²) in [6, 6.07) is 9.97. The summed E-state index contributed by atoms with van der Waals surface area (Å²) >= 11 is 5.96. The van der Waals surface area contributed by atoms with Gasteiger partial charge in [0.25, 0.3) is 0 Å². The second-order valence-electron chi connectivity index (χ2n) is 4.05. The summed E-state index contributed by atoms with van der Waals surface area (Å²) in [7, 11) is 0. The molecule has 0 saturated heterocycles. The third-order valence-electron chi connectivity index (χ3n) is 2.60. The molecule has 0 unspecified atom stereocenters. The molecule has 0 bridgehead atoms. The highest BCUT2D eigenvalue weighted by atomic mass is 35.5. The van der Waals surface area contributed by atoms with Crippen LogP contribution in [-0.4, -0.2) is 16.2 Å². The van der Waals surface area contributed by atoms with E-state index in [4.69, 9.17) is 16.7 Å². The standard InChI is InChI=1S/C14H11ClO3/c1-8-4-10(6-11(15)5-8)9-2-3-12(14(17)18)13(16)7-9/h2-7,16H,1H3,(H,17,18). The molecule has 3 nitrogen and oxygen atoms in total. The van der Waals surface area contributed by atoms with Crippen molar-refractivity contribution in [3.8, 4) is 16.9 Å². The van der Waals surface area contributed by atoms with Crippen molar-refractivity contribution in [2.45, 2.75) is 6.92 Å². The quantitative estimate of drug-likeness (QED) is 0.867. The average Bonchev–Trinajstić information content (AvgIpc) is 2.26. The summed E-state index contributed by atoms with van der Waals surface area (Å²) in [4.78, 5) is 10.8. The van der Waals surface area contributed by atoms with Gasteiger partial charge in [-0.15, -0.1) is 0 Å². The van der Waals surface area contributed by atoms with Gasteiger partial charge in [-0.05, 0) is 47.9 Å². The monoisotopic (exact) mass is 262 g/mol. The number of benzene rings is 2. The second kappa shape index (κ2) is 4.70. The highest BCUT2D eigenvalue weighted by Gasteiger charge is 2.10. The van der Waals surface area contributed by atoms with Crippen molar-refractivity contribution in [1.29, 1.82) is 0 Å². The van der Waals surface area contributed by atoms with E-state index in [1.807, 2.05) is 19.1 Å².